The van der Waals surface area contributed by atoms with E-state index in [-0.39, 0.29) is 5.91 Å². The first-order valence-electron chi connectivity index (χ1n) is 7.21. The van der Waals surface area contributed by atoms with Crippen molar-refractivity contribution in [1.29, 1.82) is 0 Å². The summed E-state index contributed by atoms with van der Waals surface area (Å²) in [6, 6.07) is 13.0. The maximum Gasteiger partial charge on any atom is 0.339 e. The zero-order valence-electron chi connectivity index (χ0n) is 12.6. The zero-order valence-corrected chi connectivity index (χ0v) is 12.6. The Kier molecular flexibility index (Phi) is 3.67. The van der Waals surface area contributed by atoms with E-state index in [1.807, 2.05) is 44.2 Å². The van der Waals surface area contributed by atoms with Crippen molar-refractivity contribution in [2.24, 2.45) is 0 Å². The number of rotatable bonds is 2. The van der Waals surface area contributed by atoms with Crippen LogP contribution in [0.15, 0.2) is 42.5 Å². The summed E-state index contributed by atoms with van der Waals surface area (Å²) < 4.78 is 5.26. The number of anilines is 1. The first-order valence-corrected chi connectivity index (χ1v) is 7.21. The molecule has 0 aliphatic carbocycles. The van der Waals surface area contributed by atoms with Crippen LogP contribution in [0, 0.1) is 13.8 Å². The Morgan fingerprint density at radius 2 is 1.82 bits per heavy atom. The summed E-state index contributed by atoms with van der Waals surface area (Å²) in [6.45, 7) is 3.94. The van der Waals surface area contributed by atoms with E-state index in [9.17, 15) is 9.59 Å². The van der Waals surface area contributed by atoms with E-state index in [0.29, 0.717) is 12.0 Å². The molecule has 0 fully saturated rings. The van der Waals surface area contributed by atoms with Crippen molar-refractivity contribution in [2.75, 3.05) is 5.32 Å². The Morgan fingerprint density at radius 3 is 2.55 bits per heavy atom. The van der Waals surface area contributed by atoms with E-state index >= 15 is 0 Å². The minimum Gasteiger partial charge on any atom is -0.448 e. The number of ether oxygens (including phenoxy) is 1. The summed E-state index contributed by atoms with van der Waals surface area (Å²) in [7, 11) is 0. The van der Waals surface area contributed by atoms with Crippen LogP contribution < -0.4 is 5.32 Å². The lowest BCUT2D eigenvalue weighted by molar-refractivity contribution is -0.125. The van der Waals surface area contributed by atoms with Crippen LogP contribution in [0.4, 0.5) is 5.69 Å². The number of hydrogen-bond acceptors (Lipinski definition) is 3. The van der Waals surface area contributed by atoms with Crippen molar-refractivity contribution in [1.82, 2.24) is 0 Å². The summed E-state index contributed by atoms with van der Waals surface area (Å²) >= 11 is 0. The van der Waals surface area contributed by atoms with Crippen LogP contribution in [0.5, 0.6) is 0 Å². The normalized spacial score (nSPS) is 16.6. The Bertz CT molecular complexity index is 731. The van der Waals surface area contributed by atoms with Gasteiger partial charge >= 0.3 is 5.97 Å². The molecule has 0 aromatic heterocycles. The molecule has 2 aromatic rings. The van der Waals surface area contributed by atoms with Gasteiger partial charge in [-0.15, -0.1) is 0 Å². The molecule has 4 nitrogen and oxygen atoms in total. The van der Waals surface area contributed by atoms with Gasteiger partial charge in [0, 0.05) is 12.1 Å². The van der Waals surface area contributed by atoms with Crippen molar-refractivity contribution in [3.05, 3.63) is 64.7 Å². The molecule has 2 aromatic carbocycles. The van der Waals surface area contributed by atoms with Gasteiger partial charge in [0.2, 0.25) is 0 Å². The lowest BCUT2D eigenvalue weighted by atomic mass is 9.98. The van der Waals surface area contributed by atoms with Crippen LogP contribution in [0.3, 0.4) is 0 Å². The number of aryl methyl sites for hydroxylation is 2. The van der Waals surface area contributed by atoms with Gasteiger partial charge in [0.1, 0.15) is 0 Å². The minimum atomic E-state index is -0.789. The highest BCUT2D eigenvalue weighted by Gasteiger charge is 2.31. The SMILES string of the molecule is Cc1cc(C)cc(NC(=O)[C@@H]2Cc3ccccc3C(=O)O2)c1. The maximum absolute atomic E-state index is 12.4. The molecular formula is C18H17NO3. The van der Waals surface area contributed by atoms with Gasteiger partial charge in [0.15, 0.2) is 6.10 Å². The molecule has 1 aliphatic rings. The molecule has 1 heterocycles. The lowest BCUT2D eigenvalue weighted by Crippen LogP contribution is -2.38. The maximum atomic E-state index is 12.4. The topological polar surface area (TPSA) is 55.4 Å². The molecule has 0 saturated carbocycles. The predicted molar refractivity (Wildman–Crippen MR) is 83.9 cm³/mol. The van der Waals surface area contributed by atoms with Gasteiger partial charge in [-0.3, -0.25) is 4.79 Å². The number of fused-ring (bicyclic) bond motifs is 1. The molecular weight excluding hydrogens is 278 g/mol. The van der Waals surface area contributed by atoms with E-state index in [4.69, 9.17) is 4.74 Å². The Labute approximate surface area is 129 Å². The number of benzene rings is 2. The van der Waals surface area contributed by atoms with Gasteiger partial charge in [0.25, 0.3) is 5.91 Å². The van der Waals surface area contributed by atoms with Crippen LogP contribution in [0.2, 0.25) is 0 Å². The van der Waals surface area contributed by atoms with Gasteiger partial charge < -0.3 is 10.1 Å². The number of amides is 1. The van der Waals surface area contributed by atoms with Crippen molar-refractivity contribution in [3.63, 3.8) is 0 Å². The van der Waals surface area contributed by atoms with Gasteiger partial charge in [-0.05, 0) is 48.7 Å². The molecule has 0 unspecified atom stereocenters. The van der Waals surface area contributed by atoms with Gasteiger partial charge in [-0.2, -0.15) is 0 Å². The van der Waals surface area contributed by atoms with Crippen LogP contribution in [-0.2, 0) is 16.0 Å². The van der Waals surface area contributed by atoms with Crippen molar-refractivity contribution in [2.45, 2.75) is 26.4 Å². The van der Waals surface area contributed by atoms with E-state index in [2.05, 4.69) is 5.32 Å². The second kappa shape index (κ2) is 5.64. The largest absolute Gasteiger partial charge is 0.448 e. The fourth-order valence-corrected chi connectivity index (χ4v) is 2.75. The number of esters is 1. The smallest absolute Gasteiger partial charge is 0.339 e. The third-order valence-electron chi connectivity index (χ3n) is 3.67. The molecule has 112 valence electrons. The second-order valence-corrected chi connectivity index (χ2v) is 5.62. The monoisotopic (exact) mass is 295 g/mol. The fourth-order valence-electron chi connectivity index (χ4n) is 2.75. The Balaban J connectivity index is 1.78. The molecule has 3 rings (SSSR count). The highest BCUT2D eigenvalue weighted by molar-refractivity contribution is 6.00. The predicted octanol–water partition coefficient (Wildman–Crippen LogP) is 3.02. The summed E-state index contributed by atoms with van der Waals surface area (Å²) in [5.74, 6) is -0.740. The van der Waals surface area contributed by atoms with Crippen LogP contribution in [0.25, 0.3) is 0 Å². The first-order chi connectivity index (χ1) is 10.5. The highest BCUT2D eigenvalue weighted by atomic mass is 16.5. The Hall–Kier alpha value is -2.62. The summed E-state index contributed by atoms with van der Waals surface area (Å²) in [6.07, 6.45) is -0.387. The third-order valence-corrected chi connectivity index (χ3v) is 3.67. The zero-order chi connectivity index (χ0) is 15.7. The van der Waals surface area contributed by atoms with Crippen molar-refractivity contribution >= 4 is 17.6 Å². The molecule has 1 aliphatic heterocycles. The number of hydrogen-bond donors (Lipinski definition) is 1. The fraction of sp³-hybridized carbons (Fsp3) is 0.222. The van der Waals surface area contributed by atoms with E-state index in [1.54, 1.807) is 12.1 Å². The molecule has 0 bridgehead atoms. The minimum absolute atomic E-state index is 0.298. The van der Waals surface area contributed by atoms with Crippen molar-refractivity contribution < 1.29 is 14.3 Å². The highest BCUT2D eigenvalue weighted by Crippen LogP contribution is 2.22. The van der Waals surface area contributed by atoms with E-state index in [1.165, 1.54) is 0 Å². The summed E-state index contributed by atoms with van der Waals surface area (Å²) in [5.41, 5.74) is 4.25. The van der Waals surface area contributed by atoms with Crippen LogP contribution in [0.1, 0.15) is 27.0 Å². The standard InChI is InChI=1S/C18H17NO3/c1-11-7-12(2)9-14(8-11)19-17(20)16-10-13-5-3-4-6-15(13)18(21)22-16/h3-9,16H,10H2,1-2H3,(H,19,20)/t16-/m0/s1. The van der Waals surface area contributed by atoms with Gasteiger partial charge in [-0.1, -0.05) is 24.3 Å². The second-order valence-electron chi connectivity index (χ2n) is 5.62. The number of carbonyl (C=O) groups excluding carboxylic acids is 2. The summed E-state index contributed by atoms with van der Waals surface area (Å²) in [4.78, 5) is 24.3. The quantitative estimate of drug-likeness (QED) is 0.866. The average Bonchev–Trinajstić information content (AvgIpc) is 2.46. The first kappa shape index (κ1) is 14.3. The summed E-state index contributed by atoms with van der Waals surface area (Å²) in [5, 5.41) is 2.83. The molecule has 0 saturated heterocycles. The molecule has 22 heavy (non-hydrogen) atoms. The Morgan fingerprint density at radius 1 is 1.14 bits per heavy atom. The molecule has 0 radical (unpaired) electrons. The van der Waals surface area contributed by atoms with Gasteiger partial charge in [-0.25, -0.2) is 4.79 Å². The van der Waals surface area contributed by atoms with Crippen LogP contribution >= 0.6 is 0 Å². The third kappa shape index (κ3) is 2.86. The molecule has 4 heteroatoms. The number of cyclic esters (lactones) is 1. The molecule has 1 atom stereocenters. The lowest BCUT2D eigenvalue weighted by Gasteiger charge is -2.23. The number of carbonyl (C=O) groups is 2. The number of nitrogens with one attached hydrogen (secondary N) is 1. The molecule has 0 spiro atoms. The van der Waals surface area contributed by atoms with Crippen LogP contribution in [-0.4, -0.2) is 18.0 Å². The van der Waals surface area contributed by atoms with E-state index < -0.39 is 12.1 Å². The van der Waals surface area contributed by atoms with Crippen molar-refractivity contribution in [3.8, 4) is 0 Å². The van der Waals surface area contributed by atoms with E-state index in [0.717, 1.165) is 22.4 Å². The average molecular weight is 295 g/mol. The molecule has 1 N–H and O–H groups in total. The molecule has 1 amide bonds. The van der Waals surface area contributed by atoms with Gasteiger partial charge in [0.05, 0.1) is 5.56 Å².